The minimum Gasteiger partial charge on any atom is -0.340 e. The second-order valence-corrected chi connectivity index (χ2v) is 9.91. The summed E-state index contributed by atoms with van der Waals surface area (Å²) in [5.41, 5.74) is 11.9. The Morgan fingerprint density at radius 3 is 2.50 bits per heavy atom. The van der Waals surface area contributed by atoms with Crippen LogP contribution >= 0.6 is 0 Å². The summed E-state index contributed by atoms with van der Waals surface area (Å²) in [6, 6.07) is 22.7. The van der Waals surface area contributed by atoms with E-state index in [1.54, 1.807) is 12.1 Å². The summed E-state index contributed by atoms with van der Waals surface area (Å²) in [6.07, 6.45) is 1.28. The summed E-state index contributed by atoms with van der Waals surface area (Å²) in [4.78, 5) is 20.3. The van der Waals surface area contributed by atoms with Crippen molar-refractivity contribution in [2.45, 2.75) is 45.7 Å². The highest BCUT2D eigenvalue weighted by Gasteiger charge is 2.27. The van der Waals surface area contributed by atoms with Gasteiger partial charge in [-0.2, -0.15) is 0 Å². The zero-order chi connectivity index (χ0) is 26.6. The topological polar surface area (TPSA) is 76.2 Å². The molecule has 1 amide bonds. The molecule has 0 aliphatic carbocycles. The van der Waals surface area contributed by atoms with Gasteiger partial charge < -0.3 is 20.5 Å². The number of halogens is 1. The zero-order valence-electron chi connectivity index (χ0n) is 22.0. The number of carbonyl (C=O) groups is 1. The van der Waals surface area contributed by atoms with E-state index in [4.69, 9.17) is 10.7 Å². The molecule has 3 N–H and O–H groups in total. The van der Waals surface area contributed by atoms with E-state index in [9.17, 15) is 9.18 Å². The second kappa shape index (κ2) is 11.2. The molecule has 2 heterocycles. The summed E-state index contributed by atoms with van der Waals surface area (Å²) in [5.74, 6) is 1.69. The third kappa shape index (κ3) is 5.34. The van der Waals surface area contributed by atoms with Crippen molar-refractivity contribution in [2.75, 3.05) is 18.4 Å². The summed E-state index contributed by atoms with van der Waals surface area (Å²) in [5, 5.41) is 3.53. The largest absolute Gasteiger partial charge is 0.340 e. The van der Waals surface area contributed by atoms with Gasteiger partial charge >= 0.3 is 0 Å². The van der Waals surface area contributed by atoms with Crippen LogP contribution in [0.5, 0.6) is 0 Å². The molecule has 0 radical (unpaired) electrons. The van der Waals surface area contributed by atoms with Gasteiger partial charge in [0.2, 0.25) is 5.91 Å². The molecule has 1 aliphatic heterocycles. The van der Waals surface area contributed by atoms with Crippen molar-refractivity contribution in [2.24, 2.45) is 5.73 Å². The number of carbonyl (C=O) groups excluding carboxylic acids is 1. The molecule has 3 aromatic carbocycles. The molecule has 0 fully saturated rings. The minimum atomic E-state index is -0.289. The molecule has 6 nitrogen and oxygen atoms in total. The van der Waals surface area contributed by atoms with Crippen LogP contribution in [-0.4, -0.2) is 33.4 Å². The predicted octanol–water partition coefficient (Wildman–Crippen LogP) is 5.78. The number of rotatable bonds is 8. The lowest BCUT2D eigenvalue weighted by molar-refractivity contribution is -0.132. The maximum atomic E-state index is 13.7. The molecular formula is C31H34FN5O. The first-order valence-corrected chi connectivity index (χ1v) is 13.2. The van der Waals surface area contributed by atoms with Gasteiger partial charge in [-0.05, 0) is 73.3 Å². The van der Waals surface area contributed by atoms with E-state index in [1.165, 1.54) is 17.7 Å². The number of anilines is 2. The Hall–Kier alpha value is -3.97. The molecule has 196 valence electrons. The molecule has 5 rings (SSSR count). The third-order valence-electron chi connectivity index (χ3n) is 7.37. The number of amides is 1. The molecular weight excluding hydrogens is 477 g/mol. The van der Waals surface area contributed by atoms with Gasteiger partial charge in [-0.25, -0.2) is 9.37 Å². The van der Waals surface area contributed by atoms with Crippen molar-refractivity contribution in [3.8, 4) is 11.3 Å². The maximum absolute atomic E-state index is 13.7. The van der Waals surface area contributed by atoms with E-state index in [0.29, 0.717) is 32.6 Å². The van der Waals surface area contributed by atoms with Crippen LogP contribution in [0.2, 0.25) is 0 Å². The average molecular weight is 512 g/mol. The van der Waals surface area contributed by atoms with Crippen LogP contribution in [0.15, 0.2) is 72.8 Å². The van der Waals surface area contributed by atoms with E-state index in [-0.39, 0.29) is 17.6 Å². The molecule has 1 aromatic heterocycles. The van der Waals surface area contributed by atoms with Gasteiger partial charge in [0.25, 0.3) is 0 Å². The smallest absolute Gasteiger partial charge is 0.227 e. The quantitative estimate of drug-likeness (QED) is 0.315. The average Bonchev–Trinajstić information content (AvgIpc) is 3.29. The van der Waals surface area contributed by atoms with Crippen molar-refractivity contribution < 1.29 is 9.18 Å². The lowest BCUT2D eigenvalue weighted by Crippen LogP contribution is -2.39. The fourth-order valence-corrected chi connectivity index (χ4v) is 5.14. The van der Waals surface area contributed by atoms with Gasteiger partial charge in [-0.15, -0.1) is 0 Å². The SMILES string of the molecule is CCC(CN)c1ccccc1CC(=O)N1CCn2c(nc(-c3ccc(F)cc3)c2Nc2ccc(C)cc2)C1. The van der Waals surface area contributed by atoms with Crippen molar-refractivity contribution in [3.63, 3.8) is 0 Å². The van der Waals surface area contributed by atoms with Gasteiger partial charge in [0.15, 0.2) is 0 Å². The van der Waals surface area contributed by atoms with Crippen molar-refractivity contribution >= 4 is 17.4 Å². The number of benzene rings is 3. The lowest BCUT2D eigenvalue weighted by atomic mass is 9.90. The first kappa shape index (κ1) is 25.7. The molecule has 38 heavy (non-hydrogen) atoms. The third-order valence-corrected chi connectivity index (χ3v) is 7.37. The summed E-state index contributed by atoms with van der Waals surface area (Å²) >= 11 is 0. The van der Waals surface area contributed by atoms with Crippen molar-refractivity contribution in [1.29, 1.82) is 0 Å². The van der Waals surface area contributed by atoms with Gasteiger partial charge in [0.1, 0.15) is 23.2 Å². The summed E-state index contributed by atoms with van der Waals surface area (Å²) in [7, 11) is 0. The predicted molar refractivity (Wildman–Crippen MR) is 150 cm³/mol. The first-order chi connectivity index (χ1) is 18.5. The number of nitrogens with zero attached hydrogens (tertiary/aromatic N) is 3. The Kier molecular flexibility index (Phi) is 7.56. The molecule has 0 bridgehead atoms. The van der Waals surface area contributed by atoms with Crippen LogP contribution in [-0.2, 0) is 24.3 Å². The number of fused-ring (bicyclic) bond motifs is 1. The molecule has 0 saturated heterocycles. The molecule has 4 aromatic rings. The molecule has 0 spiro atoms. The summed E-state index contributed by atoms with van der Waals surface area (Å²) < 4.78 is 15.8. The number of hydrogen-bond acceptors (Lipinski definition) is 4. The number of aromatic nitrogens is 2. The molecule has 7 heteroatoms. The summed E-state index contributed by atoms with van der Waals surface area (Å²) in [6.45, 7) is 6.36. The van der Waals surface area contributed by atoms with Crippen LogP contribution in [0.1, 0.15) is 41.8 Å². The Morgan fingerprint density at radius 1 is 1.05 bits per heavy atom. The Balaban J connectivity index is 1.42. The normalized spacial score (nSPS) is 13.7. The van der Waals surface area contributed by atoms with Crippen LogP contribution in [0.25, 0.3) is 11.3 Å². The van der Waals surface area contributed by atoms with E-state index in [2.05, 4.69) is 41.9 Å². The van der Waals surface area contributed by atoms with Gasteiger partial charge in [0.05, 0.1) is 13.0 Å². The lowest BCUT2D eigenvalue weighted by Gasteiger charge is -2.29. The molecule has 1 aliphatic rings. The van der Waals surface area contributed by atoms with E-state index >= 15 is 0 Å². The molecule has 1 atom stereocenters. The highest BCUT2D eigenvalue weighted by Crippen LogP contribution is 2.34. The number of nitrogens with two attached hydrogens (primary N) is 1. The zero-order valence-corrected chi connectivity index (χ0v) is 22.0. The number of hydrogen-bond donors (Lipinski definition) is 2. The molecule has 1 unspecified atom stereocenters. The van der Waals surface area contributed by atoms with Gasteiger partial charge in [-0.1, -0.05) is 48.9 Å². The van der Waals surface area contributed by atoms with Gasteiger partial charge in [0, 0.05) is 24.3 Å². The highest BCUT2D eigenvalue weighted by atomic mass is 19.1. The Morgan fingerprint density at radius 2 is 1.79 bits per heavy atom. The monoisotopic (exact) mass is 511 g/mol. The van der Waals surface area contributed by atoms with Crippen molar-refractivity contribution in [3.05, 3.63) is 101 Å². The van der Waals surface area contributed by atoms with E-state index in [0.717, 1.165) is 46.1 Å². The Bertz CT molecular complexity index is 1410. The van der Waals surface area contributed by atoms with Crippen LogP contribution in [0.3, 0.4) is 0 Å². The Labute approximate surface area is 223 Å². The van der Waals surface area contributed by atoms with Crippen LogP contribution in [0, 0.1) is 12.7 Å². The highest BCUT2D eigenvalue weighted by molar-refractivity contribution is 5.80. The maximum Gasteiger partial charge on any atom is 0.227 e. The standard InChI is InChI=1S/C31H34FN5O/c1-3-22(19-33)27-7-5-4-6-24(27)18-29(38)36-16-17-37-28(20-36)35-30(23-10-12-25(32)13-11-23)31(37)34-26-14-8-21(2)9-15-26/h4-15,22,34H,3,16-20,33H2,1-2H3. The fraction of sp³-hybridized carbons (Fsp3) is 0.290. The fourth-order valence-electron chi connectivity index (χ4n) is 5.14. The second-order valence-electron chi connectivity index (χ2n) is 9.91. The molecule has 0 saturated carbocycles. The van der Waals surface area contributed by atoms with Gasteiger partial charge in [-0.3, -0.25) is 4.79 Å². The van der Waals surface area contributed by atoms with Crippen LogP contribution < -0.4 is 11.1 Å². The number of nitrogens with one attached hydrogen (secondary N) is 1. The number of imidazole rings is 1. The van der Waals surface area contributed by atoms with Crippen molar-refractivity contribution in [1.82, 2.24) is 14.5 Å². The first-order valence-electron chi connectivity index (χ1n) is 13.2. The minimum absolute atomic E-state index is 0.0787. The van der Waals surface area contributed by atoms with Crippen LogP contribution in [0.4, 0.5) is 15.9 Å². The van der Waals surface area contributed by atoms with E-state index < -0.39 is 0 Å². The van der Waals surface area contributed by atoms with E-state index in [1.807, 2.05) is 35.2 Å². The number of aryl methyl sites for hydroxylation is 1.